The molecule has 3 N–H and O–H groups in total. The smallest absolute Gasteiger partial charge is 0.165 e. The number of nitrogens with two attached hydrogens (primary N) is 1. The first kappa shape index (κ1) is 11.2. The lowest BCUT2D eigenvalue weighted by Crippen LogP contribution is -2.30. The number of anilines is 1. The fourth-order valence-corrected chi connectivity index (χ4v) is 1.83. The second-order valence-electron chi connectivity index (χ2n) is 4.17. The van der Waals surface area contributed by atoms with Gasteiger partial charge in [-0.2, -0.15) is 0 Å². The van der Waals surface area contributed by atoms with Crippen molar-refractivity contribution in [1.82, 2.24) is 0 Å². The summed E-state index contributed by atoms with van der Waals surface area (Å²) in [7, 11) is 1.46. The quantitative estimate of drug-likeness (QED) is 0.804. The van der Waals surface area contributed by atoms with E-state index >= 15 is 0 Å². The SMILES string of the molecule is COc1cc(NC(CN)C2CC2)ccc1F. The van der Waals surface area contributed by atoms with Crippen LogP contribution in [0.1, 0.15) is 12.8 Å². The van der Waals surface area contributed by atoms with Gasteiger partial charge in [-0.3, -0.25) is 0 Å². The predicted octanol–water partition coefficient (Wildman–Crippen LogP) is 1.98. The summed E-state index contributed by atoms with van der Waals surface area (Å²) in [5.41, 5.74) is 6.56. The monoisotopic (exact) mass is 224 g/mol. The molecule has 0 bridgehead atoms. The van der Waals surface area contributed by atoms with Gasteiger partial charge in [-0.1, -0.05) is 0 Å². The van der Waals surface area contributed by atoms with Gasteiger partial charge in [0.2, 0.25) is 0 Å². The second kappa shape index (κ2) is 4.70. The Balaban J connectivity index is 2.08. The number of ether oxygens (including phenoxy) is 1. The number of halogens is 1. The van der Waals surface area contributed by atoms with Crippen LogP contribution in [-0.2, 0) is 0 Å². The van der Waals surface area contributed by atoms with Gasteiger partial charge in [0.1, 0.15) is 0 Å². The maximum Gasteiger partial charge on any atom is 0.165 e. The van der Waals surface area contributed by atoms with Crippen molar-refractivity contribution < 1.29 is 9.13 Å². The summed E-state index contributed by atoms with van der Waals surface area (Å²) in [5, 5.41) is 3.32. The third-order valence-electron chi connectivity index (χ3n) is 2.95. The molecule has 1 aromatic rings. The van der Waals surface area contributed by atoms with E-state index < -0.39 is 0 Å². The molecule has 1 fully saturated rings. The van der Waals surface area contributed by atoms with Crippen molar-refractivity contribution in [2.75, 3.05) is 19.0 Å². The Morgan fingerprint density at radius 1 is 1.56 bits per heavy atom. The van der Waals surface area contributed by atoms with E-state index in [1.807, 2.05) is 0 Å². The molecule has 4 heteroatoms. The molecule has 0 heterocycles. The molecule has 0 spiro atoms. The van der Waals surface area contributed by atoms with Crippen LogP contribution < -0.4 is 15.8 Å². The van der Waals surface area contributed by atoms with Crippen LogP contribution in [0.15, 0.2) is 18.2 Å². The molecule has 0 radical (unpaired) electrons. The van der Waals surface area contributed by atoms with Gasteiger partial charge in [-0.05, 0) is 30.9 Å². The fraction of sp³-hybridized carbons (Fsp3) is 0.500. The summed E-state index contributed by atoms with van der Waals surface area (Å²) in [4.78, 5) is 0. The molecular weight excluding hydrogens is 207 g/mol. The van der Waals surface area contributed by atoms with Crippen LogP contribution in [0.25, 0.3) is 0 Å². The average Bonchev–Trinajstić information content (AvgIpc) is 3.12. The molecule has 16 heavy (non-hydrogen) atoms. The molecule has 1 aliphatic rings. The number of rotatable bonds is 5. The third kappa shape index (κ3) is 2.44. The predicted molar refractivity (Wildman–Crippen MR) is 62.1 cm³/mol. The number of benzene rings is 1. The normalized spacial score (nSPS) is 16.9. The number of hydrogen-bond donors (Lipinski definition) is 2. The maximum atomic E-state index is 13.2. The highest BCUT2D eigenvalue weighted by Gasteiger charge is 2.30. The third-order valence-corrected chi connectivity index (χ3v) is 2.95. The lowest BCUT2D eigenvalue weighted by molar-refractivity contribution is 0.386. The van der Waals surface area contributed by atoms with Crippen molar-refractivity contribution in [1.29, 1.82) is 0 Å². The highest BCUT2D eigenvalue weighted by Crippen LogP contribution is 2.34. The highest BCUT2D eigenvalue weighted by atomic mass is 19.1. The summed E-state index contributed by atoms with van der Waals surface area (Å²) in [6, 6.07) is 5.07. The summed E-state index contributed by atoms with van der Waals surface area (Å²) in [5.74, 6) is 0.585. The van der Waals surface area contributed by atoms with Gasteiger partial charge in [-0.15, -0.1) is 0 Å². The summed E-state index contributed by atoms with van der Waals surface area (Å²) < 4.78 is 18.1. The summed E-state index contributed by atoms with van der Waals surface area (Å²) in [6.45, 7) is 0.602. The first-order valence-corrected chi connectivity index (χ1v) is 5.54. The van der Waals surface area contributed by atoms with Gasteiger partial charge in [0.15, 0.2) is 11.6 Å². The average molecular weight is 224 g/mol. The molecule has 0 aliphatic heterocycles. The fourth-order valence-electron chi connectivity index (χ4n) is 1.83. The van der Waals surface area contributed by atoms with Gasteiger partial charge in [-0.25, -0.2) is 4.39 Å². The Hall–Kier alpha value is -1.29. The molecule has 0 saturated heterocycles. The van der Waals surface area contributed by atoms with E-state index in [-0.39, 0.29) is 17.6 Å². The Morgan fingerprint density at radius 2 is 2.31 bits per heavy atom. The van der Waals surface area contributed by atoms with Gasteiger partial charge in [0.25, 0.3) is 0 Å². The van der Waals surface area contributed by atoms with E-state index in [1.165, 1.54) is 26.0 Å². The first-order valence-electron chi connectivity index (χ1n) is 5.54. The topological polar surface area (TPSA) is 47.3 Å². The van der Waals surface area contributed by atoms with Crippen LogP contribution >= 0.6 is 0 Å². The second-order valence-corrected chi connectivity index (χ2v) is 4.17. The first-order chi connectivity index (χ1) is 7.74. The number of methoxy groups -OCH3 is 1. The van der Waals surface area contributed by atoms with E-state index in [0.29, 0.717) is 12.5 Å². The molecule has 88 valence electrons. The van der Waals surface area contributed by atoms with Crippen LogP contribution in [0.4, 0.5) is 10.1 Å². The van der Waals surface area contributed by atoms with Crippen LogP contribution in [-0.4, -0.2) is 19.7 Å². The lowest BCUT2D eigenvalue weighted by Gasteiger charge is -2.18. The van der Waals surface area contributed by atoms with E-state index in [1.54, 1.807) is 12.1 Å². The zero-order valence-electron chi connectivity index (χ0n) is 9.37. The molecule has 1 aromatic carbocycles. The molecule has 1 unspecified atom stereocenters. The molecule has 1 aliphatic carbocycles. The van der Waals surface area contributed by atoms with Gasteiger partial charge >= 0.3 is 0 Å². The zero-order chi connectivity index (χ0) is 11.5. The highest BCUT2D eigenvalue weighted by molar-refractivity contribution is 5.49. The number of hydrogen-bond acceptors (Lipinski definition) is 3. The van der Waals surface area contributed by atoms with Gasteiger partial charge in [0, 0.05) is 24.3 Å². The lowest BCUT2D eigenvalue weighted by atomic mass is 10.1. The Bertz CT molecular complexity index is 366. The Kier molecular flexibility index (Phi) is 3.29. The minimum Gasteiger partial charge on any atom is -0.494 e. The van der Waals surface area contributed by atoms with Gasteiger partial charge in [0.05, 0.1) is 7.11 Å². The standard InChI is InChI=1S/C12H17FN2O/c1-16-12-6-9(4-5-10(12)13)15-11(7-14)8-2-3-8/h4-6,8,11,15H,2-3,7,14H2,1H3. The van der Waals surface area contributed by atoms with Crippen LogP contribution in [0, 0.1) is 11.7 Å². The van der Waals surface area contributed by atoms with E-state index in [4.69, 9.17) is 10.5 Å². The maximum absolute atomic E-state index is 13.2. The van der Waals surface area contributed by atoms with Crippen molar-refractivity contribution in [2.45, 2.75) is 18.9 Å². The minimum atomic E-state index is -0.344. The molecule has 1 atom stereocenters. The molecular formula is C12H17FN2O. The van der Waals surface area contributed by atoms with E-state index in [0.717, 1.165) is 5.69 Å². The Labute approximate surface area is 94.8 Å². The van der Waals surface area contributed by atoms with Crippen molar-refractivity contribution in [3.8, 4) is 5.75 Å². The summed E-state index contributed by atoms with van der Waals surface area (Å²) >= 11 is 0. The van der Waals surface area contributed by atoms with E-state index in [9.17, 15) is 4.39 Å². The van der Waals surface area contributed by atoms with Crippen LogP contribution in [0.2, 0.25) is 0 Å². The largest absolute Gasteiger partial charge is 0.494 e. The van der Waals surface area contributed by atoms with Crippen molar-refractivity contribution in [2.24, 2.45) is 11.7 Å². The van der Waals surface area contributed by atoms with Crippen LogP contribution in [0.3, 0.4) is 0 Å². The molecule has 0 aromatic heterocycles. The molecule has 2 rings (SSSR count). The van der Waals surface area contributed by atoms with Gasteiger partial charge < -0.3 is 15.8 Å². The molecule has 0 amide bonds. The van der Waals surface area contributed by atoms with Crippen molar-refractivity contribution in [3.63, 3.8) is 0 Å². The Morgan fingerprint density at radius 3 is 2.88 bits per heavy atom. The van der Waals surface area contributed by atoms with Crippen LogP contribution in [0.5, 0.6) is 5.75 Å². The molecule has 3 nitrogen and oxygen atoms in total. The zero-order valence-corrected chi connectivity index (χ0v) is 9.37. The minimum absolute atomic E-state index is 0.261. The van der Waals surface area contributed by atoms with Crippen molar-refractivity contribution >= 4 is 5.69 Å². The molecule has 1 saturated carbocycles. The van der Waals surface area contributed by atoms with E-state index in [2.05, 4.69) is 5.32 Å². The number of nitrogens with one attached hydrogen (secondary N) is 1. The van der Waals surface area contributed by atoms with Crippen molar-refractivity contribution in [3.05, 3.63) is 24.0 Å². The summed E-state index contributed by atoms with van der Waals surface area (Å²) in [6.07, 6.45) is 2.46.